The third-order valence-corrected chi connectivity index (χ3v) is 4.97. The van der Waals surface area contributed by atoms with Crippen LogP contribution >= 0.6 is 11.3 Å². The summed E-state index contributed by atoms with van der Waals surface area (Å²) in [6.07, 6.45) is 4.94. The van der Waals surface area contributed by atoms with Crippen molar-refractivity contribution in [1.82, 2.24) is 15.0 Å². The quantitative estimate of drug-likeness (QED) is 0.858. The molecule has 4 nitrogen and oxygen atoms in total. The Morgan fingerprint density at radius 1 is 1.37 bits per heavy atom. The van der Waals surface area contributed by atoms with Crippen LogP contribution in [0.5, 0.6) is 0 Å². The molecular formula is C14H17N3OS. The van der Waals surface area contributed by atoms with Gasteiger partial charge >= 0.3 is 0 Å². The molecule has 0 N–H and O–H groups in total. The Hall–Kier alpha value is -1.20. The highest BCUT2D eigenvalue weighted by Gasteiger charge is 2.31. The lowest BCUT2D eigenvalue weighted by Gasteiger charge is -2.21. The Bertz CT molecular complexity index is 547. The monoisotopic (exact) mass is 275 g/mol. The van der Waals surface area contributed by atoms with Crippen molar-refractivity contribution in [2.75, 3.05) is 6.54 Å². The number of hydrogen-bond acceptors (Lipinski definition) is 5. The maximum absolute atomic E-state index is 5.39. The lowest BCUT2D eigenvalue weighted by Crippen LogP contribution is -2.22. The summed E-state index contributed by atoms with van der Waals surface area (Å²) >= 11 is 1.85. The van der Waals surface area contributed by atoms with Crippen LogP contribution in [-0.4, -0.2) is 21.6 Å². The summed E-state index contributed by atoms with van der Waals surface area (Å²) in [5.74, 6) is 2.27. The van der Waals surface area contributed by atoms with Gasteiger partial charge < -0.3 is 4.52 Å². The predicted molar refractivity (Wildman–Crippen MR) is 73.0 cm³/mol. The average Bonchev–Trinajstić information content (AvgIpc) is 2.89. The van der Waals surface area contributed by atoms with E-state index >= 15 is 0 Å². The molecule has 2 aliphatic rings. The van der Waals surface area contributed by atoms with Crippen molar-refractivity contribution < 1.29 is 4.52 Å². The van der Waals surface area contributed by atoms with Gasteiger partial charge in [0.15, 0.2) is 5.82 Å². The van der Waals surface area contributed by atoms with Crippen molar-refractivity contribution in [2.24, 2.45) is 0 Å². The minimum atomic E-state index is 0.538. The van der Waals surface area contributed by atoms with Crippen LogP contribution in [0.25, 0.3) is 0 Å². The molecule has 5 heteroatoms. The van der Waals surface area contributed by atoms with Crippen molar-refractivity contribution in [2.45, 2.75) is 44.2 Å². The molecule has 2 aromatic heterocycles. The molecule has 0 amide bonds. The van der Waals surface area contributed by atoms with E-state index in [1.54, 1.807) is 0 Å². The van der Waals surface area contributed by atoms with Crippen LogP contribution in [0.2, 0.25) is 0 Å². The average molecular weight is 275 g/mol. The Morgan fingerprint density at radius 3 is 3.11 bits per heavy atom. The summed E-state index contributed by atoms with van der Waals surface area (Å²) in [6.45, 7) is 1.92. The van der Waals surface area contributed by atoms with E-state index in [4.69, 9.17) is 4.52 Å². The normalized spacial score (nSPS) is 24.1. The highest BCUT2D eigenvalue weighted by Crippen LogP contribution is 2.39. The molecule has 19 heavy (non-hydrogen) atoms. The highest BCUT2D eigenvalue weighted by molar-refractivity contribution is 7.10. The second-order valence-corrected chi connectivity index (χ2v) is 6.44. The van der Waals surface area contributed by atoms with Crippen LogP contribution in [0.1, 0.15) is 54.2 Å². The SMILES string of the molecule is c1csc([C@H]2CCCN2Cc2nc(C3CC3)no2)c1. The maximum atomic E-state index is 5.39. The van der Waals surface area contributed by atoms with Gasteiger partial charge in [-0.1, -0.05) is 11.2 Å². The van der Waals surface area contributed by atoms with Crippen LogP contribution in [0.4, 0.5) is 0 Å². The third-order valence-electron chi connectivity index (χ3n) is 4.00. The van der Waals surface area contributed by atoms with Crippen LogP contribution < -0.4 is 0 Å². The van der Waals surface area contributed by atoms with E-state index in [0.29, 0.717) is 12.0 Å². The first-order valence-corrected chi connectivity index (χ1v) is 7.88. The Balaban J connectivity index is 1.48. The first-order valence-electron chi connectivity index (χ1n) is 7.00. The molecule has 2 fully saturated rings. The van der Waals surface area contributed by atoms with Crippen LogP contribution in [0.3, 0.4) is 0 Å². The van der Waals surface area contributed by atoms with Crippen molar-refractivity contribution in [1.29, 1.82) is 0 Å². The molecule has 0 unspecified atom stereocenters. The zero-order valence-electron chi connectivity index (χ0n) is 10.8. The summed E-state index contributed by atoms with van der Waals surface area (Å²) in [4.78, 5) is 8.46. The van der Waals surface area contributed by atoms with Gasteiger partial charge in [0.2, 0.25) is 5.89 Å². The lowest BCUT2D eigenvalue weighted by molar-refractivity contribution is 0.214. The van der Waals surface area contributed by atoms with Crippen molar-refractivity contribution >= 4 is 11.3 Å². The molecule has 2 aromatic rings. The Labute approximate surface area is 116 Å². The summed E-state index contributed by atoms with van der Waals surface area (Å²) < 4.78 is 5.39. The van der Waals surface area contributed by atoms with Gasteiger partial charge in [0.25, 0.3) is 0 Å². The van der Waals surface area contributed by atoms with Gasteiger partial charge in [-0.25, -0.2) is 0 Å². The van der Waals surface area contributed by atoms with E-state index in [2.05, 4.69) is 32.6 Å². The van der Waals surface area contributed by atoms with Crippen LogP contribution in [-0.2, 0) is 6.54 Å². The molecule has 1 aliphatic heterocycles. The van der Waals surface area contributed by atoms with Gasteiger partial charge in [-0.05, 0) is 43.7 Å². The van der Waals surface area contributed by atoms with E-state index in [1.807, 2.05) is 11.3 Å². The van der Waals surface area contributed by atoms with Gasteiger partial charge in [-0.2, -0.15) is 4.98 Å². The minimum Gasteiger partial charge on any atom is -0.338 e. The molecule has 1 atom stereocenters. The summed E-state index contributed by atoms with van der Waals surface area (Å²) in [5.41, 5.74) is 0. The molecule has 4 rings (SSSR count). The van der Waals surface area contributed by atoms with E-state index in [-0.39, 0.29) is 0 Å². The van der Waals surface area contributed by atoms with Gasteiger partial charge in [-0.15, -0.1) is 11.3 Å². The number of likely N-dealkylation sites (tertiary alicyclic amines) is 1. The molecule has 100 valence electrons. The molecule has 0 spiro atoms. The number of thiophene rings is 1. The molecule has 1 aliphatic carbocycles. The predicted octanol–water partition coefficient (Wildman–Crippen LogP) is 3.35. The van der Waals surface area contributed by atoms with Crippen molar-refractivity contribution in [3.8, 4) is 0 Å². The summed E-state index contributed by atoms with van der Waals surface area (Å²) in [7, 11) is 0. The zero-order chi connectivity index (χ0) is 12.7. The standard InChI is InChI=1S/C14H17N3OS/c1-3-11(12-4-2-8-19-12)17(7-1)9-13-15-14(16-18-13)10-5-6-10/h2,4,8,10-11H,1,3,5-7,9H2/t11-/m1/s1. The third kappa shape index (κ3) is 2.32. The van der Waals surface area contributed by atoms with E-state index < -0.39 is 0 Å². The second kappa shape index (κ2) is 4.72. The van der Waals surface area contributed by atoms with Crippen LogP contribution in [0.15, 0.2) is 22.0 Å². The summed E-state index contributed by atoms with van der Waals surface area (Å²) in [6, 6.07) is 4.90. The number of aromatic nitrogens is 2. The molecule has 0 radical (unpaired) electrons. The van der Waals surface area contributed by atoms with Gasteiger partial charge in [0.05, 0.1) is 6.54 Å². The topological polar surface area (TPSA) is 42.2 Å². The van der Waals surface area contributed by atoms with Gasteiger partial charge in [0, 0.05) is 16.8 Å². The zero-order valence-corrected chi connectivity index (χ0v) is 11.6. The first-order chi connectivity index (χ1) is 9.40. The fourth-order valence-corrected chi connectivity index (χ4v) is 3.73. The number of hydrogen-bond donors (Lipinski definition) is 0. The minimum absolute atomic E-state index is 0.538. The van der Waals surface area contributed by atoms with Crippen LogP contribution in [0, 0.1) is 0 Å². The van der Waals surface area contributed by atoms with Crippen molar-refractivity contribution in [3.05, 3.63) is 34.1 Å². The number of rotatable bonds is 4. The van der Waals surface area contributed by atoms with Gasteiger partial charge in [-0.3, -0.25) is 4.90 Å². The largest absolute Gasteiger partial charge is 0.338 e. The molecule has 0 bridgehead atoms. The molecule has 0 aromatic carbocycles. The van der Waals surface area contributed by atoms with Crippen molar-refractivity contribution in [3.63, 3.8) is 0 Å². The smallest absolute Gasteiger partial charge is 0.240 e. The van der Waals surface area contributed by atoms with E-state index in [1.165, 1.54) is 30.6 Å². The van der Waals surface area contributed by atoms with E-state index in [9.17, 15) is 0 Å². The molecule has 1 saturated heterocycles. The Kier molecular flexibility index (Phi) is 2.89. The van der Waals surface area contributed by atoms with E-state index in [0.717, 1.165) is 24.8 Å². The molecule has 1 saturated carbocycles. The fourth-order valence-electron chi connectivity index (χ4n) is 2.83. The van der Waals surface area contributed by atoms with Gasteiger partial charge in [0.1, 0.15) is 0 Å². The summed E-state index contributed by atoms with van der Waals surface area (Å²) in [5, 5.41) is 6.25. The fraction of sp³-hybridized carbons (Fsp3) is 0.571. The highest BCUT2D eigenvalue weighted by atomic mass is 32.1. The first kappa shape index (κ1) is 11.6. The second-order valence-electron chi connectivity index (χ2n) is 5.46. The molecule has 3 heterocycles. The lowest BCUT2D eigenvalue weighted by atomic mass is 10.2. The Morgan fingerprint density at radius 2 is 2.32 bits per heavy atom. The maximum Gasteiger partial charge on any atom is 0.240 e. The molecular weight excluding hydrogens is 258 g/mol. The number of nitrogens with zero attached hydrogens (tertiary/aromatic N) is 3.